The monoisotopic (exact) mass is 317 g/mol. The third kappa shape index (κ3) is 5.70. The van der Waals surface area contributed by atoms with Crippen LogP contribution in [0.3, 0.4) is 0 Å². The van der Waals surface area contributed by atoms with Crippen LogP contribution in [0.4, 0.5) is 4.79 Å². The lowest BCUT2D eigenvalue weighted by Crippen LogP contribution is -2.35. The quantitative estimate of drug-likeness (QED) is 0.829. The number of aryl methyl sites for hydroxylation is 1. The summed E-state index contributed by atoms with van der Waals surface area (Å²) in [7, 11) is 0. The minimum absolute atomic E-state index is 0.0294. The molecule has 0 radical (unpaired) electrons. The van der Waals surface area contributed by atoms with Crippen LogP contribution >= 0.6 is 0 Å². The van der Waals surface area contributed by atoms with Crippen molar-refractivity contribution in [1.29, 1.82) is 0 Å². The highest BCUT2D eigenvalue weighted by molar-refractivity contribution is 5.82. The highest BCUT2D eigenvalue weighted by atomic mass is 16.6. The lowest BCUT2D eigenvalue weighted by molar-refractivity contribution is -0.122. The molecule has 0 aliphatic carbocycles. The molecule has 2 rings (SSSR count). The van der Waals surface area contributed by atoms with Gasteiger partial charge < -0.3 is 9.64 Å². The molecule has 23 heavy (non-hydrogen) atoms. The molecule has 0 spiro atoms. The fraction of sp³-hybridized carbons (Fsp3) is 0.579. The summed E-state index contributed by atoms with van der Waals surface area (Å²) in [6, 6.07) is 10.2. The van der Waals surface area contributed by atoms with Crippen LogP contribution in [0, 0.1) is 5.92 Å². The van der Waals surface area contributed by atoms with Crippen molar-refractivity contribution < 1.29 is 14.3 Å². The van der Waals surface area contributed by atoms with E-state index in [0.29, 0.717) is 19.5 Å². The highest BCUT2D eigenvalue weighted by Gasteiger charge is 2.32. The summed E-state index contributed by atoms with van der Waals surface area (Å²) in [5.41, 5.74) is 0.775. The molecule has 4 heteroatoms. The zero-order chi connectivity index (χ0) is 16.9. The molecule has 0 saturated carbocycles. The van der Waals surface area contributed by atoms with Crippen molar-refractivity contribution in [2.75, 3.05) is 13.1 Å². The molecule has 1 aliphatic heterocycles. The second kappa shape index (κ2) is 7.62. The number of rotatable bonds is 5. The minimum Gasteiger partial charge on any atom is -0.444 e. The minimum atomic E-state index is -0.491. The number of benzene rings is 1. The lowest BCUT2D eigenvalue weighted by Gasteiger charge is -2.24. The van der Waals surface area contributed by atoms with Gasteiger partial charge in [-0.25, -0.2) is 4.79 Å². The number of amides is 1. The molecule has 1 saturated heterocycles. The van der Waals surface area contributed by atoms with Crippen LogP contribution in [0.1, 0.15) is 45.6 Å². The second-order valence-electron chi connectivity index (χ2n) is 7.22. The standard InChI is InChI=1S/C19H27NO3/c1-19(2,3)23-18(22)20-13-12-16(14-20)17(21)11-7-10-15-8-5-4-6-9-15/h4-6,8-9,16H,7,10-14H2,1-3H3. The fourth-order valence-corrected chi connectivity index (χ4v) is 2.83. The molecule has 1 heterocycles. The Morgan fingerprint density at radius 3 is 2.57 bits per heavy atom. The van der Waals surface area contributed by atoms with Crippen LogP contribution in [0.5, 0.6) is 0 Å². The first-order valence-corrected chi connectivity index (χ1v) is 8.40. The second-order valence-corrected chi connectivity index (χ2v) is 7.22. The summed E-state index contributed by atoms with van der Waals surface area (Å²) in [4.78, 5) is 26.0. The van der Waals surface area contributed by atoms with Crippen molar-refractivity contribution in [2.45, 2.75) is 52.1 Å². The van der Waals surface area contributed by atoms with Gasteiger partial charge in [-0.15, -0.1) is 0 Å². The van der Waals surface area contributed by atoms with E-state index in [-0.39, 0.29) is 17.8 Å². The number of ether oxygens (including phenoxy) is 1. The molecule has 0 bridgehead atoms. The SMILES string of the molecule is CC(C)(C)OC(=O)N1CCC(C(=O)CCCc2ccccc2)C1. The summed E-state index contributed by atoms with van der Waals surface area (Å²) in [5.74, 6) is 0.241. The molecular weight excluding hydrogens is 290 g/mol. The predicted molar refractivity (Wildman–Crippen MR) is 90.3 cm³/mol. The Hall–Kier alpha value is -1.84. The van der Waals surface area contributed by atoms with E-state index >= 15 is 0 Å². The van der Waals surface area contributed by atoms with Gasteiger partial charge >= 0.3 is 6.09 Å². The Balaban J connectivity index is 1.73. The van der Waals surface area contributed by atoms with Gasteiger partial charge in [0.15, 0.2) is 0 Å². The molecule has 1 aromatic carbocycles. The summed E-state index contributed by atoms with van der Waals surface area (Å²) < 4.78 is 5.36. The van der Waals surface area contributed by atoms with E-state index in [1.54, 1.807) is 4.90 Å². The van der Waals surface area contributed by atoms with E-state index < -0.39 is 5.60 Å². The molecule has 1 fully saturated rings. The number of Topliss-reactive ketones (excluding diaryl/α,β-unsaturated/α-hetero) is 1. The Morgan fingerprint density at radius 1 is 1.22 bits per heavy atom. The maximum Gasteiger partial charge on any atom is 0.410 e. The molecule has 1 atom stereocenters. The smallest absolute Gasteiger partial charge is 0.410 e. The Labute approximate surface area is 138 Å². The van der Waals surface area contributed by atoms with Gasteiger partial charge in [0.05, 0.1) is 0 Å². The molecule has 1 amide bonds. The molecule has 1 aliphatic rings. The Bertz CT molecular complexity index is 533. The predicted octanol–water partition coefficient (Wildman–Crippen LogP) is 3.84. The van der Waals surface area contributed by atoms with E-state index in [1.807, 2.05) is 39.0 Å². The van der Waals surface area contributed by atoms with Crippen molar-refractivity contribution in [3.63, 3.8) is 0 Å². The average molecular weight is 317 g/mol. The van der Waals surface area contributed by atoms with E-state index in [4.69, 9.17) is 4.74 Å². The van der Waals surface area contributed by atoms with Crippen LogP contribution in [0.25, 0.3) is 0 Å². The number of carbonyl (C=O) groups excluding carboxylic acids is 2. The van der Waals surface area contributed by atoms with Gasteiger partial charge in [-0.05, 0) is 45.6 Å². The van der Waals surface area contributed by atoms with Crippen LogP contribution in [-0.4, -0.2) is 35.5 Å². The third-order valence-corrected chi connectivity index (χ3v) is 4.03. The average Bonchev–Trinajstić information content (AvgIpc) is 2.96. The van der Waals surface area contributed by atoms with Crippen molar-refractivity contribution in [2.24, 2.45) is 5.92 Å². The van der Waals surface area contributed by atoms with E-state index in [1.165, 1.54) is 5.56 Å². The molecule has 0 aromatic heterocycles. The van der Waals surface area contributed by atoms with Crippen molar-refractivity contribution >= 4 is 11.9 Å². The molecule has 126 valence electrons. The first kappa shape index (κ1) is 17.5. The zero-order valence-corrected chi connectivity index (χ0v) is 14.4. The summed E-state index contributed by atoms with van der Waals surface area (Å²) in [5, 5.41) is 0. The number of carbonyl (C=O) groups is 2. The Morgan fingerprint density at radius 2 is 1.91 bits per heavy atom. The Kier molecular flexibility index (Phi) is 5.80. The first-order chi connectivity index (χ1) is 10.8. The molecule has 4 nitrogen and oxygen atoms in total. The number of hydrogen-bond acceptors (Lipinski definition) is 3. The number of hydrogen-bond donors (Lipinski definition) is 0. The molecule has 1 aromatic rings. The maximum absolute atomic E-state index is 12.3. The van der Waals surface area contributed by atoms with Gasteiger partial charge in [0.2, 0.25) is 0 Å². The first-order valence-electron chi connectivity index (χ1n) is 8.40. The zero-order valence-electron chi connectivity index (χ0n) is 14.4. The summed E-state index contributed by atoms with van der Waals surface area (Å²) in [6.45, 7) is 6.68. The highest BCUT2D eigenvalue weighted by Crippen LogP contribution is 2.22. The van der Waals surface area contributed by atoms with E-state index in [2.05, 4.69) is 12.1 Å². The third-order valence-electron chi connectivity index (χ3n) is 4.03. The summed E-state index contributed by atoms with van der Waals surface area (Å²) in [6.07, 6.45) is 2.82. The van der Waals surface area contributed by atoms with Crippen LogP contribution < -0.4 is 0 Å². The van der Waals surface area contributed by atoms with E-state index in [9.17, 15) is 9.59 Å². The van der Waals surface area contributed by atoms with Crippen LogP contribution in [0.2, 0.25) is 0 Å². The van der Waals surface area contributed by atoms with Gasteiger partial charge in [0, 0.05) is 25.4 Å². The topological polar surface area (TPSA) is 46.6 Å². The largest absolute Gasteiger partial charge is 0.444 e. The van der Waals surface area contributed by atoms with Crippen molar-refractivity contribution in [3.8, 4) is 0 Å². The molecular formula is C19H27NO3. The normalized spacial score (nSPS) is 18.0. The number of nitrogens with zero attached hydrogens (tertiary/aromatic N) is 1. The van der Waals surface area contributed by atoms with Gasteiger partial charge in [-0.2, -0.15) is 0 Å². The van der Waals surface area contributed by atoms with Crippen molar-refractivity contribution in [1.82, 2.24) is 4.90 Å². The van der Waals surface area contributed by atoms with Crippen molar-refractivity contribution in [3.05, 3.63) is 35.9 Å². The van der Waals surface area contributed by atoms with Gasteiger partial charge in [0.1, 0.15) is 11.4 Å². The molecule has 0 N–H and O–H groups in total. The van der Waals surface area contributed by atoms with Crippen LogP contribution in [-0.2, 0) is 16.0 Å². The maximum atomic E-state index is 12.3. The number of likely N-dealkylation sites (tertiary alicyclic amines) is 1. The lowest BCUT2D eigenvalue weighted by atomic mass is 9.97. The van der Waals surface area contributed by atoms with Gasteiger partial charge in [0.25, 0.3) is 0 Å². The summed E-state index contributed by atoms with van der Waals surface area (Å²) >= 11 is 0. The van der Waals surface area contributed by atoms with Gasteiger partial charge in [-0.3, -0.25) is 4.79 Å². The number of ketones is 1. The van der Waals surface area contributed by atoms with E-state index in [0.717, 1.165) is 19.3 Å². The van der Waals surface area contributed by atoms with Gasteiger partial charge in [-0.1, -0.05) is 30.3 Å². The molecule has 1 unspecified atom stereocenters. The fourth-order valence-electron chi connectivity index (χ4n) is 2.83. The van der Waals surface area contributed by atoms with Crippen LogP contribution in [0.15, 0.2) is 30.3 Å².